The molecule has 140 valence electrons. The molecule has 3 rings (SSSR count). The summed E-state index contributed by atoms with van der Waals surface area (Å²) in [7, 11) is 5.56. The van der Waals surface area contributed by atoms with Crippen molar-refractivity contribution >= 4 is 5.95 Å². The monoisotopic (exact) mass is 363 g/mol. The minimum atomic E-state index is 0.717. The lowest BCUT2D eigenvalue weighted by Gasteiger charge is -2.23. The number of rotatable bonds is 8. The fourth-order valence-corrected chi connectivity index (χ4v) is 2.82. The summed E-state index contributed by atoms with van der Waals surface area (Å²) >= 11 is 0. The molecule has 27 heavy (non-hydrogen) atoms. The maximum atomic E-state index is 5.25. The van der Waals surface area contributed by atoms with Crippen LogP contribution in [0.1, 0.15) is 16.7 Å². The summed E-state index contributed by atoms with van der Waals surface area (Å²) in [6.07, 6.45) is 7.46. The van der Waals surface area contributed by atoms with Crippen molar-refractivity contribution in [3.63, 3.8) is 0 Å². The van der Waals surface area contributed by atoms with Crippen molar-refractivity contribution in [2.45, 2.75) is 19.6 Å². The summed E-state index contributed by atoms with van der Waals surface area (Å²) < 4.78 is 5.25. The van der Waals surface area contributed by atoms with Gasteiger partial charge in [0, 0.05) is 64.1 Å². The smallest absolute Gasteiger partial charge is 0.224 e. The average Bonchev–Trinajstić information content (AvgIpc) is 2.70. The lowest BCUT2D eigenvalue weighted by molar-refractivity contribution is 0.247. The number of nitrogens with zero attached hydrogens (tertiary/aromatic N) is 5. The number of ether oxygens (including phenoxy) is 1. The van der Waals surface area contributed by atoms with E-state index in [9.17, 15) is 0 Å². The van der Waals surface area contributed by atoms with Crippen LogP contribution in [-0.2, 0) is 19.6 Å². The molecule has 0 bridgehead atoms. The summed E-state index contributed by atoms with van der Waals surface area (Å²) in [5.74, 6) is 1.58. The summed E-state index contributed by atoms with van der Waals surface area (Å²) in [5, 5.41) is 0. The van der Waals surface area contributed by atoms with Crippen LogP contribution in [0.2, 0.25) is 0 Å². The van der Waals surface area contributed by atoms with E-state index in [2.05, 4.69) is 32.0 Å². The molecule has 2 aromatic heterocycles. The Morgan fingerprint density at radius 3 is 1.89 bits per heavy atom. The Kier molecular flexibility index (Phi) is 6.33. The van der Waals surface area contributed by atoms with Crippen LogP contribution in [-0.4, -0.2) is 41.1 Å². The molecule has 6 heteroatoms. The van der Waals surface area contributed by atoms with Gasteiger partial charge in [-0.1, -0.05) is 12.1 Å². The van der Waals surface area contributed by atoms with Crippen LogP contribution in [0.3, 0.4) is 0 Å². The molecule has 6 nitrogen and oxygen atoms in total. The van der Waals surface area contributed by atoms with E-state index in [0.717, 1.165) is 36.9 Å². The second-order valence-electron chi connectivity index (χ2n) is 6.63. The quantitative estimate of drug-likeness (QED) is 0.613. The molecule has 0 N–H and O–H groups in total. The third-order valence-electron chi connectivity index (χ3n) is 4.22. The zero-order valence-corrected chi connectivity index (χ0v) is 16.0. The minimum Gasteiger partial charge on any atom is -0.497 e. The highest BCUT2D eigenvalue weighted by molar-refractivity contribution is 5.28. The van der Waals surface area contributed by atoms with Crippen LogP contribution in [0.25, 0.3) is 0 Å². The van der Waals surface area contributed by atoms with Gasteiger partial charge in [-0.05, 0) is 35.4 Å². The van der Waals surface area contributed by atoms with Crippen LogP contribution in [0.4, 0.5) is 5.95 Å². The van der Waals surface area contributed by atoms with Gasteiger partial charge in [-0.25, -0.2) is 9.97 Å². The Hall–Kier alpha value is -2.99. The fraction of sp³-hybridized carbons (Fsp3) is 0.286. The van der Waals surface area contributed by atoms with E-state index < -0.39 is 0 Å². The molecule has 0 fully saturated rings. The van der Waals surface area contributed by atoms with Gasteiger partial charge in [0.2, 0.25) is 5.95 Å². The molecule has 0 aliphatic carbocycles. The summed E-state index contributed by atoms with van der Waals surface area (Å²) in [6, 6.07) is 12.3. The Morgan fingerprint density at radius 1 is 0.778 bits per heavy atom. The van der Waals surface area contributed by atoms with Gasteiger partial charge in [0.05, 0.1) is 7.11 Å². The fourth-order valence-electron chi connectivity index (χ4n) is 2.82. The number of pyridine rings is 1. The largest absolute Gasteiger partial charge is 0.497 e. The van der Waals surface area contributed by atoms with Crippen LogP contribution < -0.4 is 9.64 Å². The van der Waals surface area contributed by atoms with E-state index in [1.54, 1.807) is 7.11 Å². The van der Waals surface area contributed by atoms with Crippen molar-refractivity contribution in [1.82, 2.24) is 19.9 Å². The maximum absolute atomic E-state index is 5.25. The van der Waals surface area contributed by atoms with Gasteiger partial charge in [0.15, 0.2) is 0 Å². The number of benzene rings is 1. The molecule has 2 heterocycles. The molecule has 0 radical (unpaired) electrons. The highest BCUT2D eigenvalue weighted by Crippen LogP contribution is 2.17. The van der Waals surface area contributed by atoms with Crippen molar-refractivity contribution in [3.05, 3.63) is 77.9 Å². The second-order valence-corrected chi connectivity index (χ2v) is 6.63. The third-order valence-corrected chi connectivity index (χ3v) is 4.22. The van der Waals surface area contributed by atoms with Crippen LogP contribution in [0, 0.1) is 0 Å². The van der Waals surface area contributed by atoms with Gasteiger partial charge in [0.25, 0.3) is 0 Å². The van der Waals surface area contributed by atoms with Gasteiger partial charge in [-0.15, -0.1) is 0 Å². The molecule has 0 amide bonds. The number of hydrogen-bond acceptors (Lipinski definition) is 6. The van der Waals surface area contributed by atoms with E-state index >= 15 is 0 Å². The highest BCUT2D eigenvalue weighted by Gasteiger charge is 2.10. The zero-order valence-electron chi connectivity index (χ0n) is 16.0. The first-order valence-corrected chi connectivity index (χ1v) is 8.86. The predicted octanol–water partition coefficient (Wildman–Crippen LogP) is 3.15. The molecule has 3 aromatic rings. The van der Waals surface area contributed by atoms with Gasteiger partial charge in [-0.2, -0.15) is 0 Å². The highest BCUT2D eigenvalue weighted by atomic mass is 16.5. The Labute approximate surface area is 160 Å². The van der Waals surface area contributed by atoms with Crippen molar-refractivity contribution < 1.29 is 4.74 Å². The summed E-state index contributed by atoms with van der Waals surface area (Å²) in [6.45, 7) is 2.41. The first kappa shape index (κ1) is 18.8. The standard InChI is InChI=1S/C21H25N5O/c1-25(2)21-23-12-19(13-24-21)16-26(15-18-8-10-22-11-9-18)14-17-4-6-20(27-3)7-5-17/h4-13H,14-16H2,1-3H3. The summed E-state index contributed by atoms with van der Waals surface area (Å²) in [5.41, 5.74) is 3.54. The minimum absolute atomic E-state index is 0.717. The van der Waals surface area contributed by atoms with E-state index in [4.69, 9.17) is 4.74 Å². The average molecular weight is 363 g/mol. The molecule has 0 atom stereocenters. The van der Waals surface area contributed by atoms with Crippen LogP contribution in [0.5, 0.6) is 5.75 Å². The van der Waals surface area contributed by atoms with Crippen LogP contribution in [0.15, 0.2) is 61.2 Å². The molecule has 0 spiro atoms. The molecule has 0 aliphatic rings. The summed E-state index contributed by atoms with van der Waals surface area (Å²) in [4.78, 5) is 17.2. The number of aromatic nitrogens is 3. The van der Waals surface area contributed by atoms with Crippen molar-refractivity contribution in [2.75, 3.05) is 26.1 Å². The van der Waals surface area contributed by atoms with E-state index in [0.29, 0.717) is 0 Å². The van der Waals surface area contributed by atoms with Crippen molar-refractivity contribution in [2.24, 2.45) is 0 Å². The normalized spacial score (nSPS) is 10.8. The van der Waals surface area contributed by atoms with Gasteiger partial charge in [0.1, 0.15) is 5.75 Å². The van der Waals surface area contributed by atoms with E-state index in [1.165, 1.54) is 11.1 Å². The van der Waals surface area contributed by atoms with Gasteiger partial charge >= 0.3 is 0 Å². The number of methoxy groups -OCH3 is 1. The van der Waals surface area contributed by atoms with Gasteiger partial charge < -0.3 is 9.64 Å². The first-order valence-electron chi connectivity index (χ1n) is 8.86. The van der Waals surface area contributed by atoms with E-state index in [-0.39, 0.29) is 0 Å². The molecular formula is C21H25N5O. The molecule has 0 unspecified atom stereocenters. The Bertz CT molecular complexity index is 819. The van der Waals surface area contributed by atoms with Gasteiger partial charge in [-0.3, -0.25) is 9.88 Å². The molecular weight excluding hydrogens is 338 g/mol. The molecule has 1 aromatic carbocycles. The Morgan fingerprint density at radius 2 is 1.33 bits per heavy atom. The second kappa shape index (κ2) is 9.09. The number of anilines is 1. The SMILES string of the molecule is COc1ccc(CN(Cc2ccncc2)Cc2cnc(N(C)C)nc2)cc1. The Balaban J connectivity index is 1.75. The molecule has 0 saturated carbocycles. The zero-order chi connectivity index (χ0) is 19.1. The van der Waals surface area contributed by atoms with Crippen molar-refractivity contribution in [1.29, 1.82) is 0 Å². The lowest BCUT2D eigenvalue weighted by Crippen LogP contribution is -2.23. The molecule has 0 saturated heterocycles. The predicted molar refractivity (Wildman–Crippen MR) is 107 cm³/mol. The van der Waals surface area contributed by atoms with Crippen LogP contribution >= 0.6 is 0 Å². The number of hydrogen-bond donors (Lipinski definition) is 0. The molecule has 0 aliphatic heterocycles. The maximum Gasteiger partial charge on any atom is 0.224 e. The first-order chi connectivity index (χ1) is 13.1. The van der Waals surface area contributed by atoms with E-state index in [1.807, 2.05) is 68.0 Å². The third kappa shape index (κ3) is 5.49. The topological polar surface area (TPSA) is 54.4 Å². The lowest BCUT2D eigenvalue weighted by atomic mass is 10.1. The van der Waals surface area contributed by atoms with Crippen molar-refractivity contribution in [3.8, 4) is 5.75 Å².